The summed E-state index contributed by atoms with van der Waals surface area (Å²) in [4.78, 5) is 28.9. The van der Waals surface area contributed by atoms with E-state index in [1.54, 1.807) is 31.2 Å². The summed E-state index contributed by atoms with van der Waals surface area (Å²) in [6, 6.07) is 16.1. The summed E-state index contributed by atoms with van der Waals surface area (Å²) in [5, 5.41) is 16.8. The van der Waals surface area contributed by atoms with Gasteiger partial charge in [-0.3, -0.25) is 5.32 Å². The van der Waals surface area contributed by atoms with Gasteiger partial charge in [-0.1, -0.05) is 41.9 Å². The molecule has 3 rings (SSSR count). The summed E-state index contributed by atoms with van der Waals surface area (Å²) in [5.41, 5.74) is 1.67. The molecule has 1 aromatic heterocycles. The van der Waals surface area contributed by atoms with Gasteiger partial charge < -0.3 is 30.3 Å². The van der Waals surface area contributed by atoms with Crippen LogP contribution in [0.2, 0.25) is 5.02 Å². The molecular weight excluding hydrogens is 518 g/mol. The van der Waals surface area contributed by atoms with Gasteiger partial charge in [-0.2, -0.15) is 0 Å². The number of nitrogens with zero attached hydrogens (tertiary/aromatic N) is 1. The Labute approximate surface area is 223 Å². The van der Waals surface area contributed by atoms with Crippen LogP contribution in [0, 0.1) is 5.41 Å². The first kappa shape index (κ1) is 27.4. The van der Waals surface area contributed by atoms with E-state index < -0.39 is 12.1 Å². The van der Waals surface area contributed by atoms with Gasteiger partial charge in [-0.05, 0) is 49.0 Å². The van der Waals surface area contributed by atoms with E-state index in [-0.39, 0.29) is 46.8 Å². The van der Waals surface area contributed by atoms with Gasteiger partial charge in [0.05, 0.1) is 25.0 Å². The van der Waals surface area contributed by atoms with Crippen LogP contribution in [-0.4, -0.2) is 42.1 Å². The number of thiocarbonyl (C=S) groups is 1. The number of hydrogen-bond acceptors (Lipinski definition) is 9. The maximum Gasteiger partial charge on any atom is 0.413 e. The summed E-state index contributed by atoms with van der Waals surface area (Å²) in [6.45, 7) is 1.90. The molecule has 37 heavy (non-hydrogen) atoms. The first-order valence-electron chi connectivity index (χ1n) is 11.0. The number of benzene rings is 2. The third kappa shape index (κ3) is 7.38. The number of hydrogen-bond donors (Lipinski definition) is 4. The zero-order valence-corrected chi connectivity index (χ0v) is 21.5. The Hall–Kier alpha value is -4.22. The Morgan fingerprint density at radius 3 is 2.46 bits per heavy atom. The molecule has 0 aliphatic rings. The maximum absolute atomic E-state index is 12.7. The number of alkyl carbamates (subject to hydrolysis) is 1. The normalized spacial score (nSPS) is 10.1. The third-order valence-electron chi connectivity index (χ3n) is 4.78. The Kier molecular flexibility index (Phi) is 9.76. The number of rotatable bonds is 9. The lowest BCUT2D eigenvalue weighted by Gasteiger charge is -2.21. The Balaban J connectivity index is 2.11. The fourth-order valence-electron chi connectivity index (χ4n) is 3.13. The number of esters is 1. The van der Waals surface area contributed by atoms with Crippen LogP contribution in [0.3, 0.4) is 0 Å². The highest BCUT2D eigenvalue weighted by atomic mass is 35.5. The van der Waals surface area contributed by atoms with Crippen molar-refractivity contribution in [1.29, 1.82) is 5.41 Å². The minimum absolute atomic E-state index is 0.0250. The van der Waals surface area contributed by atoms with Gasteiger partial charge in [-0.25, -0.2) is 14.6 Å². The van der Waals surface area contributed by atoms with Crippen molar-refractivity contribution >= 4 is 64.4 Å². The van der Waals surface area contributed by atoms with Crippen molar-refractivity contribution < 1.29 is 23.8 Å². The average molecular weight is 542 g/mol. The predicted octanol–water partition coefficient (Wildman–Crippen LogP) is 5.28. The average Bonchev–Trinajstić information content (AvgIpc) is 2.89. The quantitative estimate of drug-likeness (QED) is 0.162. The molecular formula is C25H24ClN5O5S. The number of carbonyl (C=O) groups is 2. The van der Waals surface area contributed by atoms with Crippen LogP contribution in [0.1, 0.15) is 28.5 Å². The van der Waals surface area contributed by atoms with Gasteiger partial charge in [0, 0.05) is 16.9 Å². The van der Waals surface area contributed by atoms with E-state index in [0.717, 1.165) is 11.8 Å². The highest BCUT2D eigenvalue weighted by Gasteiger charge is 2.26. The molecule has 10 nitrogen and oxygen atoms in total. The first-order chi connectivity index (χ1) is 17.9. The second-order valence-electron chi connectivity index (χ2n) is 7.27. The van der Waals surface area contributed by atoms with Gasteiger partial charge in [0.25, 0.3) is 0 Å². The number of ether oxygens (including phenoxy) is 3. The summed E-state index contributed by atoms with van der Waals surface area (Å²) in [5.74, 6) is -0.740. The molecule has 0 aliphatic carbocycles. The van der Waals surface area contributed by atoms with E-state index in [4.69, 9.17) is 43.4 Å². The summed E-state index contributed by atoms with van der Waals surface area (Å²) >= 11 is 11.2. The summed E-state index contributed by atoms with van der Waals surface area (Å²) < 4.78 is 15.8. The number of nitrogens with one attached hydrogen (secondary N) is 4. The van der Waals surface area contributed by atoms with Gasteiger partial charge in [0.15, 0.2) is 22.4 Å². The summed E-state index contributed by atoms with van der Waals surface area (Å²) in [7, 11) is 1.20. The standard InChI is InChI=1S/C25H24ClN5O5S/c1-3-35-25(33)31-24(37)30-22-19(28-17-11-9-16(26)10-12-17)18(13-27)21(20(29-22)23(32)34-2)36-14-15-7-5-4-6-8-15/h4-13,27-28H,3,14H2,1-2H3,(H2,29,30,31,33,37). The highest BCUT2D eigenvalue weighted by molar-refractivity contribution is 7.80. The maximum atomic E-state index is 12.7. The number of pyridine rings is 1. The van der Waals surface area contributed by atoms with Crippen LogP contribution in [0.25, 0.3) is 0 Å². The van der Waals surface area contributed by atoms with Crippen molar-refractivity contribution in [3.63, 3.8) is 0 Å². The zero-order chi connectivity index (χ0) is 26.8. The van der Waals surface area contributed by atoms with E-state index in [2.05, 4.69) is 20.9 Å². The van der Waals surface area contributed by atoms with Crippen LogP contribution in [0.4, 0.5) is 22.0 Å². The molecule has 4 N–H and O–H groups in total. The molecule has 0 radical (unpaired) electrons. The molecule has 1 heterocycles. The van der Waals surface area contributed by atoms with Crippen molar-refractivity contribution in [2.45, 2.75) is 13.5 Å². The molecule has 12 heteroatoms. The molecule has 0 saturated heterocycles. The number of anilines is 3. The molecule has 0 saturated carbocycles. The van der Waals surface area contributed by atoms with Crippen LogP contribution in [-0.2, 0) is 16.1 Å². The van der Waals surface area contributed by atoms with Gasteiger partial charge in [0.2, 0.25) is 0 Å². The second-order valence-corrected chi connectivity index (χ2v) is 8.11. The fourth-order valence-corrected chi connectivity index (χ4v) is 3.43. The van der Waals surface area contributed by atoms with Crippen molar-refractivity contribution in [1.82, 2.24) is 10.3 Å². The molecule has 0 fully saturated rings. The minimum Gasteiger partial charge on any atom is -0.486 e. The smallest absolute Gasteiger partial charge is 0.413 e. The lowest BCUT2D eigenvalue weighted by molar-refractivity contribution is 0.0588. The predicted molar refractivity (Wildman–Crippen MR) is 145 cm³/mol. The second kappa shape index (κ2) is 13.2. The van der Waals surface area contributed by atoms with Gasteiger partial charge in [0.1, 0.15) is 6.61 Å². The van der Waals surface area contributed by atoms with Crippen molar-refractivity contribution in [3.05, 3.63) is 76.4 Å². The molecule has 0 aliphatic heterocycles. The monoisotopic (exact) mass is 541 g/mol. The van der Waals surface area contributed by atoms with Crippen molar-refractivity contribution in [3.8, 4) is 5.75 Å². The third-order valence-corrected chi connectivity index (χ3v) is 5.23. The number of halogens is 1. The molecule has 0 unspecified atom stereocenters. The SMILES string of the molecule is CCOC(=O)NC(=S)Nc1nc(C(=O)OC)c(OCc2ccccc2)c(C=N)c1Nc1ccc(Cl)cc1. The van der Waals surface area contributed by atoms with E-state index in [9.17, 15) is 9.59 Å². The largest absolute Gasteiger partial charge is 0.486 e. The fraction of sp³-hybridized carbons (Fsp3) is 0.160. The topological polar surface area (TPSA) is 135 Å². The lowest BCUT2D eigenvalue weighted by atomic mass is 10.1. The highest BCUT2D eigenvalue weighted by Crippen LogP contribution is 2.37. The van der Waals surface area contributed by atoms with Crippen LogP contribution < -0.4 is 20.7 Å². The minimum atomic E-state index is -0.795. The van der Waals surface area contributed by atoms with Crippen LogP contribution in [0.15, 0.2) is 54.6 Å². The van der Waals surface area contributed by atoms with E-state index in [0.29, 0.717) is 10.7 Å². The van der Waals surface area contributed by atoms with Crippen molar-refractivity contribution in [2.75, 3.05) is 24.4 Å². The Morgan fingerprint density at radius 1 is 1.14 bits per heavy atom. The van der Waals surface area contributed by atoms with Crippen molar-refractivity contribution in [2.24, 2.45) is 0 Å². The van der Waals surface area contributed by atoms with Crippen LogP contribution in [0.5, 0.6) is 5.75 Å². The molecule has 0 atom stereocenters. The summed E-state index contributed by atoms with van der Waals surface area (Å²) in [6.07, 6.45) is 0.246. The Bertz CT molecular complexity index is 1290. The van der Waals surface area contributed by atoms with E-state index in [1.807, 2.05) is 30.3 Å². The van der Waals surface area contributed by atoms with E-state index >= 15 is 0 Å². The number of methoxy groups -OCH3 is 1. The number of aromatic nitrogens is 1. The van der Waals surface area contributed by atoms with Crippen LogP contribution >= 0.6 is 23.8 Å². The molecule has 0 bridgehead atoms. The Morgan fingerprint density at radius 2 is 1.84 bits per heavy atom. The lowest BCUT2D eigenvalue weighted by Crippen LogP contribution is -2.35. The van der Waals surface area contributed by atoms with Gasteiger partial charge in [-0.15, -0.1) is 0 Å². The zero-order valence-electron chi connectivity index (χ0n) is 20.0. The molecule has 192 valence electrons. The molecule has 2 aromatic carbocycles. The first-order valence-corrected chi connectivity index (χ1v) is 11.8. The molecule has 1 amide bonds. The number of amides is 1. The van der Waals surface area contributed by atoms with Gasteiger partial charge >= 0.3 is 12.1 Å². The number of carbonyl (C=O) groups excluding carboxylic acids is 2. The van der Waals surface area contributed by atoms with E-state index in [1.165, 1.54) is 7.11 Å². The molecule has 0 spiro atoms. The molecule has 3 aromatic rings.